The molecule has 0 aliphatic carbocycles. The van der Waals surface area contributed by atoms with E-state index in [9.17, 15) is 9.50 Å². The molecule has 132 valence electrons. The van der Waals surface area contributed by atoms with Gasteiger partial charge in [-0.3, -0.25) is 4.90 Å². The first-order valence-corrected chi connectivity index (χ1v) is 9.54. The second kappa shape index (κ2) is 6.64. The van der Waals surface area contributed by atoms with Crippen molar-refractivity contribution < 1.29 is 9.50 Å². The zero-order valence-corrected chi connectivity index (χ0v) is 16.0. The maximum atomic E-state index is 14.7. The molecule has 2 aromatic heterocycles. The van der Waals surface area contributed by atoms with E-state index < -0.39 is 0 Å². The van der Waals surface area contributed by atoms with E-state index in [0.29, 0.717) is 19.9 Å². The molecule has 1 aliphatic rings. The number of aromatic nitrogens is 3. The summed E-state index contributed by atoms with van der Waals surface area (Å²) in [6, 6.07) is 4.70. The van der Waals surface area contributed by atoms with Gasteiger partial charge in [0.15, 0.2) is 0 Å². The second-order valence-electron chi connectivity index (χ2n) is 6.15. The monoisotopic (exact) mass is 425 g/mol. The van der Waals surface area contributed by atoms with Crippen LogP contribution in [0.25, 0.3) is 4.96 Å². The average molecular weight is 426 g/mol. The topological polar surface area (TPSA) is 56.9 Å². The SMILES string of the molecule is CN1CCN(C(c2ccc(Br)cc2F)c2sc3ncnn3c2O)CC1. The van der Waals surface area contributed by atoms with Gasteiger partial charge in [-0.2, -0.15) is 9.61 Å². The average Bonchev–Trinajstić information content (AvgIpc) is 3.15. The molecule has 1 saturated heterocycles. The van der Waals surface area contributed by atoms with E-state index in [4.69, 9.17) is 0 Å². The summed E-state index contributed by atoms with van der Waals surface area (Å²) in [6.07, 6.45) is 1.40. The normalized spacial score (nSPS) is 18.0. The number of fused-ring (bicyclic) bond motifs is 1. The van der Waals surface area contributed by atoms with Crippen LogP contribution in [-0.2, 0) is 0 Å². The van der Waals surface area contributed by atoms with Crippen LogP contribution in [0, 0.1) is 5.82 Å². The molecule has 3 heterocycles. The number of nitrogens with zero attached hydrogens (tertiary/aromatic N) is 5. The van der Waals surface area contributed by atoms with Gasteiger partial charge < -0.3 is 10.0 Å². The summed E-state index contributed by atoms with van der Waals surface area (Å²) in [5, 5.41) is 14.7. The van der Waals surface area contributed by atoms with Crippen molar-refractivity contribution in [1.82, 2.24) is 24.4 Å². The molecule has 0 radical (unpaired) electrons. The van der Waals surface area contributed by atoms with E-state index >= 15 is 0 Å². The van der Waals surface area contributed by atoms with Crippen LogP contribution in [0.15, 0.2) is 29.0 Å². The largest absolute Gasteiger partial charge is 0.492 e. The maximum Gasteiger partial charge on any atom is 0.230 e. The van der Waals surface area contributed by atoms with E-state index in [0.717, 1.165) is 26.2 Å². The lowest BCUT2D eigenvalue weighted by atomic mass is 10.0. The van der Waals surface area contributed by atoms with Crippen LogP contribution in [0.1, 0.15) is 16.5 Å². The quantitative estimate of drug-likeness (QED) is 0.698. The van der Waals surface area contributed by atoms with Crippen LogP contribution in [-0.4, -0.2) is 62.7 Å². The molecule has 25 heavy (non-hydrogen) atoms. The molecule has 1 unspecified atom stereocenters. The van der Waals surface area contributed by atoms with Crippen molar-refractivity contribution in [2.45, 2.75) is 6.04 Å². The standard InChI is InChI=1S/C16H17BrFN5OS/c1-21-4-6-22(7-5-21)13(11-3-2-10(17)8-12(11)18)14-15(24)23-16(25-14)19-9-20-23/h2-3,8-9,13,24H,4-7H2,1H3. The molecule has 0 bridgehead atoms. The predicted molar refractivity (Wildman–Crippen MR) is 97.5 cm³/mol. The molecular formula is C16H17BrFN5OS. The van der Waals surface area contributed by atoms with Gasteiger partial charge in [-0.05, 0) is 19.2 Å². The van der Waals surface area contributed by atoms with Gasteiger partial charge in [0.05, 0.1) is 10.9 Å². The smallest absolute Gasteiger partial charge is 0.230 e. The Hall–Kier alpha value is -1.55. The molecule has 0 saturated carbocycles. The molecule has 6 nitrogen and oxygen atoms in total. The highest BCUT2D eigenvalue weighted by Crippen LogP contribution is 2.41. The molecule has 1 atom stereocenters. The zero-order valence-electron chi connectivity index (χ0n) is 13.6. The van der Waals surface area contributed by atoms with Crippen molar-refractivity contribution in [3.8, 4) is 5.88 Å². The van der Waals surface area contributed by atoms with Crippen LogP contribution in [0.2, 0.25) is 0 Å². The number of halogens is 2. The summed E-state index contributed by atoms with van der Waals surface area (Å²) < 4.78 is 16.8. The van der Waals surface area contributed by atoms with Gasteiger partial charge in [0.2, 0.25) is 10.8 Å². The molecule has 1 aliphatic heterocycles. The minimum absolute atomic E-state index is 0.0312. The lowest BCUT2D eigenvalue weighted by Gasteiger charge is -2.37. The Balaban J connectivity index is 1.83. The summed E-state index contributed by atoms with van der Waals surface area (Å²) in [5.41, 5.74) is 0.549. The number of thiazole rings is 1. The van der Waals surface area contributed by atoms with E-state index in [1.54, 1.807) is 6.07 Å². The van der Waals surface area contributed by atoms with Crippen LogP contribution in [0.4, 0.5) is 4.39 Å². The molecule has 1 fully saturated rings. The molecule has 1 N–H and O–H groups in total. The first-order valence-electron chi connectivity index (χ1n) is 7.93. The number of hydrogen-bond donors (Lipinski definition) is 1. The first kappa shape index (κ1) is 16.9. The van der Waals surface area contributed by atoms with Crippen LogP contribution in [0.3, 0.4) is 0 Å². The zero-order chi connectivity index (χ0) is 17.6. The Morgan fingerprint density at radius 1 is 1.28 bits per heavy atom. The number of benzene rings is 1. The summed E-state index contributed by atoms with van der Waals surface area (Å²) in [6.45, 7) is 3.39. The van der Waals surface area contributed by atoms with Gasteiger partial charge in [0, 0.05) is 36.2 Å². The Bertz CT molecular complexity index is 905. The third-order valence-electron chi connectivity index (χ3n) is 4.55. The van der Waals surface area contributed by atoms with Crippen molar-refractivity contribution in [1.29, 1.82) is 0 Å². The lowest BCUT2D eigenvalue weighted by Crippen LogP contribution is -2.46. The molecule has 4 rings (SSSR count). The molecule has 3 aromatic rings. The summed E-state index contributed by atoms with van der Waals surface area (Å²) >= 11 is 4.66. The third kappa shape index (κ3) is 3.05. The van der Waals surface area contributed by atoms with Gasteiger partial charge in [-0.25, -0.2) is 9.37 Å². The molecule has 9 heteroatoms. The van der Waals surface area contributed by atoms with Gasteiger partial charge >= 0.3 is 0 Å². The van der Waals surface area contributed by atoms with Crippen LogP contribution in [0.5, 0.6) is 5.88 Å². The minimum atomic E-state index is -0.365. The van der Waals surface area contributed by atoms with E-state index in [-0.39, 0.29) is 17.7 Å². The van der Waals surface area contributed by atoms with Gasteiger partial charge in [0.1, 0.15) is 12.1 Å². The van der Waals surface area contributed by atoms with Crippen molar-refractivity contribution in [2.75, 3.05) is 33.2 Å². The number of likely N-dealkylation sites (N-methyl/N-ethyl adjacent to an activating group) is 1. The van der Waals surface area contributed by atoms with Crippen molar-refractivity contribution >= 4 is 32.2 Å². The summed E-state index contributed by atoms with van der Waals surface area (Å²) in [7, 11) is 2.08. The molecule has 0 amide bonds. The van der Waals surface area contributed by atoms with Crippen molar-refractivity contribution in [3.63, 3.8) is 0 Å². The fraction of sp³-hybridized carbons (Fsp3) is 0.375. The summed E-state index contributed by atoms with van der Waals surface area (Å²) in [5.74, 6) is -0.263. The summed E-state index contributed by atoms with van der Waals surface area (Å²) in [4.78, 5) is 9.87. The molecule has 0 spiro atoms. The fourth-order valence-corrected chi connectivity index (χ4v) is 4.59. The van der Waals surface area contributed by atoms with E-state index in [1.807, 2.05) is 6.07 Å². The number of piperazine rings is 1. The lowest BCUT2D eigenvalue weighted by molar-refractivity contribution is 0.125. The molecular weight excluding hydrogens is 409 g/mol. The van der Waals surface area contributed by atoms with Gasteiger partial charge in [0.25, 0.3) is 0 Å². The second-order valence-corrected chi connectivity index (χ2v) is 8.08. The van der Waals surface area contributed by atoms with Crippen molar-refractivity contribution in [2.24, 2.45) is 0 Å². The van der Waals surface area contributed by atoms with Crippen molar-refractivity contribution in [3.05, 3.63) is 45.3 Å². The first-order chi connectivity index (χ1) is 12.0. The minimum Gasteiger partial charge on any atom is -0.492 e. The highest BCUT2D eigenvalue weighted by Gasteiger charge is 2.32. The number of aromatic hydroxyl groups is 1. The number of hydrogen-bond acceptors (Lipinski definition) is 6. The Morgan fingerprint density at radius 2 is 2.04 bits per heavy atom. The van der Waals surface area contributed by atoms with Crippen LogP contribution >= 0.6 is 27.3 Å². The Labute approximate surface area is 156 Å². The van der Waals surface area contributed by atoms with Gasteiger partial charge in [-0.1, -0.05) is 33.3 Å². The third-order valence-corrected chi connectivity index (χ3v) is 6.13. The van der Waals surface area contributed by atoms with E-state index in [1.165, 1.54) is 28.2 Å². The van der Waals surface area contributed by atoms with Crippen LogP contribution < -0.4 is 0 Å². The highest BCUT2D eigenvalue weighted by atomic mass is 79.9. The molecule has 1 aromatic carbocycles. The van der Waals surface area contributed by atoms with Gasteiger partial charge in [-0.15, -0.1) is 0 Å². The number of rotatable bonds is 3. The van der Waals surface area contributed by atoms with E-state index in [2.05, 4.69) is 42.9 Å². The maximum absolute atomic E-state index is 14.7. The highest BCUT2D eigenvalue weighted by molar-refractivity contribution is 9.10. The fourth-order valence-electron chi connectivity index (χ4n) is 3.18. The Kier molecular flexibility index (Phi) is 4.48. The Morgan fingerprint density at radius 3 is 2.72 bits per heavy atom. The predicted octanol–water partition coefficient (Wildman–Crippen LogP) is 2.73.